The van der Waals surface area contributed by atoms with E-state index in [1.165, 1.54) is 0 Å². The SMILES string of the molecule is CN(C)CP(=O)(CN1CCCC1=O)O[Si](C)(C)C. The van der Waals surface area contributed by atoms with Crippen molar-refractivity contribution in [2.75, 3.05) is 33.2 Å². The fraction of sp³-hybridized carbons (Fsp3) is 0.909. The fourth-order valence-corrected chi connectivity index (χ4v) is 8.37. The summed E-state index contributed by atoms with van der Waals surface area (Å²) >= 11 is 0. The molecule has 1 saturated heterocycles. The number of hydrogen-bond donors (Lipinski definition) is 0. The standard InChI is InChI=1S/C11H25N2O3PSi/c1-12(2)9-17(15,16-18(3,4)5)10-13-8-6-7-11(13)14/h6-10H2,1-5H3. The van der Waals surface area contributed by atoms with Crippen molar-refractivity contribution in [1.29, 1.82) is 0 Å². The van der Waals surface area contributed by atoms with E-state index < -0.39 is 15.7 Å². The molecule has 1 atom stereocenters. The second kappa shape index (κ2) is 5.86. The molecule has 0 N–H and O–H groups in total. The maximum atomic E-state index is 12.9. The van der Waals surface area contributed by atoms with Gasteiger partial charge in [-0.05, 0) is 40.2 Å². The van der Waals surface area contributed by atoms with Crippen LogP contribution in [0.5, 0.6) is 0 Å². The van der Waals surface area contributed by atoms with Gasteiger partial charge in [0.15, 0.2) is 8.32 Å². The van der Waals surface area contributed by atoms with Gasteiger partial charge in [0.2, 0.25) is 13.3 Å². The number of rotatable bonds is 6. The second-order valence-electron chi connectivity index (χ2n) is 6.14. The van der Waals surface area contributed by atoms with Gasteiger partial charge in [-0.25, -0.2) is 0 Å². The Morgan fingerprint density at radius 3 is 2.39 bits per heavy atom. The van der Waals surface area contributed by atoms with Crippen molar-refractivity contribution < 1.29 is 13.6 Å². The molecule has 0 radical (unpaired) electrons. The Kier molecular flexibility index (Phi) is 5.18. The first-order valence-corrected chi connectivity index (χ1v) is 11.7. The monoisotopic (exact) mass is 292 g/mol. The van der Waals surface area contributed by atoms with E-state index in [1.54, 1.807) is 4.90 Å². The normalized spacial score (nSPS) is 20.6. The first-order chi connectivity index (χ1) is 8.11. The highest BCUT2D eigenvalue weighted by Gasteiger charge is 2.35. The Hall–Kier alpha value is -0.163. The van der Waals surface area contributed by atoms with Gasteiger partial charge in [0.05, 0.1) is 12.6 Å². The minimum atomic E-state index is -2.79. The van der Waals surface area contributed by atoms with Crippen LogP contribution in [0.3, 0.4) is 0 Å². The predicted molar refractivity (Wildman–Crippen MR) is 76.4 cm³/mol. The highest BCUT2D eigenvalue weighted by atomic mass is 31.2. The predicted octanol–water partition coefficient (Wildman–Crippen LogP) is 2.21. The summed E-state index contributed by atoms with van der Waals surface area (Å²) in [5.74, 6) is 0.105. The van der Waals surface area contributed by atoms with Crippen LogP contribution in [-0.2, 0) is 13.6 Å². The van der Waals surface area contributed by atoms with Crippen LogP contribution in [0.1, 0.15) is 12.8 Å². The Morgan fingerprint density at radius 1 is 1.39 bits per heavy atom. The van der Waals surface area contributed by atoms with Crippen molar-refractivity contribution in [3.63, 3.8) is 0 Å². The molecule has 0 bridgehead atoms. The maximum Gasteiger partial charge on any atom is 0.226 e. The van der Waals surface area contributed by atoms with Crippen molar-refractivity contribution in [2.45, 2.75) is 32.5 Å². The van der Waals surface area contributed by atoms with Crippen LogP contribution < -0.4 is 0 Å². The molecule has 1 unspecified atom stereocenters. The van der Waals surface area contributed by atoms with Crippen molar-refractivity contribution in [1.82, 2.24) is 9.80 Å². The minimum Gasteiger partial charge on any atom is -0.368 e. The molecule has 1 rings (SSSR count). The molecule has 0 aromatic carbocycles. The summed E-state index contributed by atoms with van der Waals surface area (Å²) in [7, 11) is -0.910. The van der Waals surface area contributed by atoms with E-state index in [1.807, 2.05) is 38.6 Å². The van der Waals surface area contributed by atoms with Crippen molar-refractivity contribution in [2.24, 2.45) is 0 Å². The Balaban J connectivity index is 2.77. The lowest BCUT2D eigenvalue weighted by Gasteiger charge is -2.31. The van der Waals surface area contributed by atoms with Gasteiger partial charge in [0.25, 0.3) is 0 Å². The van der Waals surface area contributed by atoms with E-state index in [0.717, 1.165) is 6.42 Å². The molecule has 7 heteroatoms. The van der Waals surface area contributed by atoms with Crippen LogP contribution >= 0.6 is 7.37 Å². The average molecular weight is 292 g/mol. The summed E-state index contributed by atoms with van der Waals surface area (Å²) < 4.78 is 18.8. The summed E-state index contributed by atoms with van der Waals surface area (Å²) in [5.41, 5.74) is 0. The summed E-state index contributed by atoms with van der Waals surface area (Å²) in [6, 6.07) is 0. The van der Waals surface area contributed by atoms with E-state index in [2.05, 4.69) is 0 Å². The van der Waals surface area contributed by atoms with Crippen LogP contribution in [0.2, 0.25) is 19.6 Å². The molecule has 0 aromatic heterocycles. The van der Waals surface area contributed by atoms with Gasteiger partial charge in [-0.15, -0.1) is 0 Å². The van der Waals surface area contributed by atoms with Crippen LogP contribution in [0.15, 0.2) is 0 Å². The number of amides is 1. The third-order valence-electron chi connectivity index (χ3n) is 2.50. The molecule has 0 aromatic rings. The van der Waals surface area contributed by atoms with Gasteiger partial charge in [0.1, 0.15) is 0 Å². The topological polar surface area (TPSA) is 49.9 Å². The Morgan fingerprint density at radius 2 is 2.00 bits per heavy atom. The molecule has 1 aliphatic heterocycles. The molecular formula is C11H25N2O3PSi. The third kappa shape index (κ3) is 5.22. The first-order valence-electron chi connectivity index (χ1n) is 6.33. The Labute approximate surface area is 111 Å². The first kappa shape index (κ1) is 15.9. The summed E-state index contributed by atoms with van der Waals surface area (Å²) in [4.78, 5) is 15.2. The molecule has 1 amide bonds. The van der Waals surface area contributed by atoms with Gasteiger partial charge in [-0.1, -0.05) is 0 Å². The van der Waals surface area contributed by atoms with Gasteiger partial charge in [-0.3, -0.25) is 9.36 Å². The largest absolute Gasteiger partial charge is 0.368 e. The van der Waals surface area contributed by atoms with Crippen molar-refractivity contribution >= 4 is 21.6 Å². The molecular weight excluding hydrogens is 267 g/mol. The molecule has 0 aliphatic carbocycles. The summed E-state index contributed by atoms with van der Waals surface area (Å²) in [6.07, 6.45) is 2.12. The number of hydrogen-bond acceptors (Lipinski definition) is 4. The molecule has 1 aliphatic rings. The second-order valence-corrected chi connectivity index (χ2v) is 13.3. The number of nitrogens with zero attached hydrogens (tertiary/aromatic N) is 2. The zero-order valence-corrected chi connectivity index (χ0v) is 14.0. The summed E-state index contributed by atoms with van der Waals surface area (Å²) in [6.45, 7) is 6.80. The average Bonchev–Trinajstić information content (AvgIpc) is 2.45. The van der Waals surface area contributed by atoms with E-state index in [0.29, 0.717) is 19.3 Å². The summed E-state index contributed by atoms with van der Waals surface area (Å²) in [5, 5.41) is 0. The van der Waals surface area contributed by atoms with Gasteiger partial charge >= 0.3 is 0 Å². The lowest BCUT2D eigenvalue weighted by atomic mass is 10.4. The van der Waals surface area contributed by atoms with Crippen LogP contribution in [0.25, 0.3) is 0 Å². The lowest BCUT2D eigenvalue weighted by molar-refractivity contribution is -0.127. The van der Waals surface area contributed by atoms with Crippen molar-refractivity contribution in [3.8, 4) is 0 Å². The quantitative estimate of drug-likeness (QED) is 0.556. The van der Waals surface area contributed by atoms with E-state index in [9.17, 15) is 9.36 Å². The van der Waals surface area contributed by atoms with E-state index in [-0.39, 0.29) is 12.2 Å². The molecule has 18 heavy (non-hydrogen) atoms. The van der Waals surface area contributed by atoms with Gasteiger partial charge in [0, 0.05) is 13.0 Å². The minimum absolute atomic E-state index is 0.105. The molecule has 0 saturated carbocycles. The number of carbonyl (C=O) groups is 1. The number of carbonyl (C=O) groups excluding carboxylic acids is 1. The van der Waals surface area contributed by atoms with E-state index >= 15 is 0 Å². The van der Waals surface area contributed by atoms with Crippen LogP contribution in [0, 0.1) is 0 Å². The smallest absolute Gasteiger partial charge is 0.226 e. The lowest BCUT2D eigenvalue weighted by Crippen LogP contribution is -2.33. The fourth-order valence-electron chi connectivity index (χ4n) is 2.15. The zero-order valence-electron chi connectivity index (χ0n) is 12.1. The molecule has 5 nitrogen and oxygen atoms in total. The third-order valence-corrected chi connectivity index (χ3v) is 7.79. The Bertz CT molecular complexity index is 355. The molecule has 1 heterocycles. The maximum absolute atomic E-state index is 12.9. The van der Waals surface area contributed by atoms with Gasteiger partial charge in [-0.2, -0.15) is 0 Å². The van der Waals surface area contributed by atoms with Gasteiger partial charge < -0.3 is 14.0 Å². The number of likely N-dealkylation sites (tertiary alicyclic amines) is 1. The molecule has 0 spiro atoms. The highest BCUT2D eigenvalue weighted by molar-refractivity contribution is 7.60. The highest BCUT2D eigenvalue weighted by Crippen LogP contribution is 2.50. The van der Waals surface area contributed by atoms with E-state index in [4.69, 9.17) is 4.21 Å². The van der Waals surface area contributed by atoms with Crippen molar-refractivity contribution in [3.05, 3.63) is 0 Å². The van der Waals surface area contributed by atoms with Crippen LogP contribution in [0.4, 0.5) is 0 Å². The molecule has 1 fully saturated rings. The zero-order chi connectivity index (χ0) is 14.0. The molecule has 106 valence electrons. The van der Waals surface area contributed by atoms with Crippen LogP contribution in [-0.4, -0.2) is 57.2 Å².